The molecular formula is C37H37F2N7O2S. The van der Waals surface area contributed by atoms with Gasteiger partial charge in [-0.15, -0.1) is 0 Å². The van der Waals surface area contributed by atoms with Gasteiger partial charge >= 0.3 is 0 Å². The minimum atomic E-state index is -0.387. The lowest BCUT2D eigenvalue weighted by molar-refractivity contribution is -0.148. The predicted molar refractivity (Wildman–Crippen MR) is 185 cm³/mol. The predicted octanol–water partition coefficient (Wildman–Crippen LogP) is 6.25. The Bertz CT molecular complexity index is 1980. The summed E-state index contributed by atoms with van der Waals surface area (Å²) in [4.78, 5) is 42.9. The minimum absolute atomic E-state index is 0.141. The molecule has 1 spiro atoms. The number of ketones is 1. The van der Waals surface area contributed by atoms with Crippen LogP contribution in [0.15, 0.2) is 42.5 Å². The highest BCUT2D eigenvalue weighted by Gasteiger charge is 2.46. The number of nitrogens with zero attached hydrogens (tertiary/aromatic N) is 7. The summed E-state index contributed by atoms with van der Waals surface area (Å²) in [5, 5.41) is 11.1. The van der Waals surface area contributed by atoms with E-state index in [0.717, 1.165) is 55.8 Å². The maximum Gasteiger partial charge on any atom is 0.236 e. The van der Waals surface area contributed by atoms with Crippen molar-refractivity contribution in [2.75, 3.05) is 62.7 Å². The molecule has 9 nitrogen and oxygen atoms in total. The molecule has 2 aliphatic heterocycles. The van der Waals surface area contributed by atoms with Gasteiger partial charge in [-0.1, -0.05) is 11.3 Å². The van der Waals surface area contributed by atoms with E-state index in [1.165, 1.54) is 23.5 Å². The van der Waals surface area contributed by atoms with Crippen molar-refractivity contribution in [1.82, 2.24) is 19.8 Å². The zero-order valence-corrected chi connectivity index (χ0v) is 28.2. The Kier molecular flexibility index (Phi) is 8.07. The summed E-state index contributed by atoms with van der Waals surface area (Å²) < 4.78 is 29.6. The number of anilines is 3. The van der Waals surface area contributed by atoms with Gasteiger partial charge in [0.25, 0.3) is 0 Å². The van der Waals surface area contributed by atoms with Crippen LogP contribution in [0.1, 0.15) is 55.0 Å². The van der Waals surface area contributed by atoms with E-state index >= 15 is 4.39 Å². The molecule has 0 atom stereocenters. The highest BCUT2D eigenvalue weighted by molar-refractivity contribution is 7.16. The molecule has 0 bridgehead atoms. The Morgan fingerprint density at radius 2 is 1.76 bits per heavy atom. The summed E-state index contributed by atoms with van der Waals surface area (Å²) in [6, 6.07) is 13.7. The number of halogens is 2. The van der Waals surface area contributed by atoms with E-state index in [1.807, 2.05) is 29.0 Å². The number of piperazine rings is 1. The maximum absolute atomic E-state index is 16.0. The van der Waals surface area contributed by atoms with Gasteiger partial charge in [-0.3, -0.25) is 14.5 Å². The van der Waals surface area contributed by atoms with Crippen LogP contribution in [0.2, 0.25) is 0 Å². The standard InChI is InChI=1S/C37H37F2N7O2S/c1-43(36-42-34(32(19-40)49-36)24-4-6-25(38)7-5-24)31-18-30(23-2-3-23)41-35-28(31)16-26(17-29(35)39)45-14-12-44(13-15-45)20-33(48)46-21-37(22-46)10-8-27(47)9-11-37/h4-7,16-18,23H,2-3,8-15,20-22H2,1H3. The molecule has 12 heteroatoms. The molecule has 4 fully saturated rings. The summed E-state index contributed by atoms with van der Waals surface area (Å²) in [5.74, 6) is 0.0242. The number of thiazole rings is 1. The number of Topliss-reactive ketones (excluding diaryl/α,β-unsaturated/α-hetero) is 1. The lowest BCUT2D eigenvalue weighted by Gasteiger charge is -2.52. The zero-order valence-electron chi connectivity index (χ0n) is 27.4. The van der Waals surface area contributed by atoms with Crippen LogP contribution < -0.4 is 9.80 Å². The van der Waals surface area contributed by atoms with E-state index in [9.17, 15) is 19.2 Å². The highest BCUT2D eigenvalue weighted by atomic mass is 32.1. The summed E-state index contributed by atoms with van der Waals surface area (Å²) in [5.41, 5.74) is 3.95. The number of benzene rings is 2. The van der Waals surface area contributed by atoms with Crippen LogP contribution in [-0.2, 0) is 9.59 Å². The van der Waals surface area contributed by atoms with Crippen molar-refractivity contribution < 1.29 is 18.4 Å². The molecule has 1 amide bonds. The Labute approximate surface area is 287 Å². The summed E-state index contributed by atoms with van der Waals surface area (Å²) in [6.07, 6.45) is 5.10. The fourth-order valence-corrected chi connectivity index (χ4v) is 8.39. The van der Waals surface area contributed by atoms with Gasteiger partial charge in [0.15, 0.2) is 10.9 Å². The summed E-state index contributed by atoms with van der Waals surface area (Å²) in [7, 11) is 1.87. The van der Waals surface area contributed by atoms with Gasteiger partial charge < -0.3 is 14.7 Å². The van der Waals surface area contributed by atoms with Crippen LogP contribution in [0.4, 0.5) is 25.3 Å². The van der Waals surface area contributed by atoms with Gasteiger partial charge in [0, 0.05) is 92.8 Å². The second kappa shape index (κ2) is 12.4. The number of carbonyl (C=O) groups excluding carboxylic acids is 2. The largest absolute Gasteiger partial charge is 0.369 e. The maximum atomic E-state index is 16.0. The quantitative estimate of drug-likeness (QED) is 0.226. The van der Waals surface area contributed by atoms with E-state index in [2.05, 4.69) is 15.9 Å². The molecule has 2 aromatic heterocycles. The lowest BCUT2D eigenvalue weighted by Crippen LogP contribution is -2.61. The van der Waals surface area contributed by atoms with Crippen LogP contribution in [0.5, 0.6) is 0 Å². The average molecular weight is 682 g/mol. The molecule has 8 rings (SSSR count). The van der Waals surface area contributed by atoms with E-state index in [0.29, 0.717) is 89.4 Å². The molecule has 4 aliphatic rings. The zero-order chi connectivity index (χ0) is 33.9. The number of aromatic nitrogens is 2. The molecule has 0 unspecified atom stereocenters. The first kappa shape index (κ1) is 31.8. The number of pyridine rings is 1. The molecule has 252 valence electrons. The molecule has 0 radical (unpaired) electrons. The molecule has 4 aromatic rings. The van der Waals surface area contributed by atoms with Gasteiger partial charge in [0.1, 0.15) is 33.8 Å². The fraction of sp³-hybridized carbons (Fsp3) is 0.432. The van der Waals surface area contributed by atoms with Crippen LogP contribution in [0.25, 0.3) is 22.2 Å². The first-order chi connectivity index (χ1) is 23.7. The number of rotatable bonds is 7. The van der Waals surface area contributed by atoms with Crippen LogP contribution >= 0.6 is 11.3 Å². The number of hydrogen-bond acceptors (Lipinski definition) is 9. The number of amides is 1. The van der Waals surface area contributed by atoms with Crippen LogP contribution in [0.3, 0.4) is 0 Å². The van der Waals surface area contributed by atoms with Crippen molar-refractivity contribution in [3.8, 4) is 17.3 Å². The summed E-state index contributed by atoms with van der Waals surface area (Å²) in [6.45, 7) is 4.57. The SMILES string of the molecule is CN(c1nc(-c2ccc(F)cc2)c(C#N)s1)c1cc(C2CC2)nc2c(F)cc(N3CCN(CC(=O)N4CC5(CCC(=O)CC5)C4)CC3)cc12. The fourth-order valence-electron chi connectivity index (χ4n) is 7.53. The van der Waals surface area contributed by atoms with Crippen molar-refractivity contribution in [2.45, 2.75) is 44.4 Å². The third kappa shape index (κ3) is 6.15. The van der Waals surface area contributed by atoms with Crippen molar-refractivity contribution in [1.29, 1.82) is 5.26 Å². The molecule has 2 aliphatic carbocycles. The normalized spacial score (nSPS) is 19.3. The highest BCUT2D eigenvalue weighted by Crippen LogP contribution is 2.45. The van der Waals surface area contributed by atoms with Crippen LogP contribution in [0, 0.1) is 28.4 Å². The Hall–Kier alpha value is -4.47. The van der Waals surface area contributed by atoms with Crippen molar-refractivity contribution in [2.24, 2.45) is 5.41 Å². The second-order valence-electron chi connectivity index (χ2n) is 14.1. The van der Waals surface area contributed by atoms with Gasteiger partial charge in [-0.2, -0.15) is 5.26 Å². The Balaban J connectivity index is 1.01. The third-order valence-corrected chi connectivity index (χ3v) is 11.7. The molecule has 0 N–H and O–H groups in total. The number of hydrogen-bond donors (Lipinski definition) is 0. The average Bonchev–Trinajstić information content (AvgIpc) is 3.86. The van der Waals surface area contributed by atoms with E-state index in [4.69, 9.17) is 9.97 Å². The van der Waals surface area contributed by atoms with Crippen molar-refractivity contribution in [3.05, 3.63) is 64.7 Å². The summed E-state index contributed by atoms with van der Waals surface area (Å²) >= 11 is 1.24. The van der Waals surface area contributed by atoms with Gasteiger partial charge in [0.2, 0.25) is 5.91 Å². The monoisotopic (exact) mass is 681 g/mol. The number of nitriles is 1. The lowest BCUT2D eigenvalue weighted by atomic mass is 9.68. The third-order valence-electron chi connectivity index (χ3n) is 10.7. The van der Waals surface area contributed by atoms with Crippen molar-refractivity contribution in [3.63, 3.8) is 0 Å². The van der Waals surface area contributed by atoms with Gasteiger partial charge in [-0.05, 0) is 68.1 Å². The van der Waals surface area contributed by atoms with E-state index in [-0.39, 0.29) is 23.0 Å². The number of fused-ring (bicyclic) bond motifs is 1. The molecular weight excluding hydrogens is 645 g/mol. The Morgan fingerprint density at radius 1 is 1.04 bits per heavy atom. The minimum Gasteiger partial charge on any atom is -0.369 e. The van der Waals surface area contributed by atoms with E-state index in [1.54, 1.807) is 18.2 Å². The second-order valence-corrected chi connectivity index (χ2v) is 15.0. The number of likely N-dealkylation sites (tertiary alicyclic amines) is 1. The van der Waals surface area contributed by atoms with Gasteiger partial charge in [0.05, 0.1) is 12.2 Å². The first-order valence-electron chi connectivity index (χ1n) is 17.0. The van der Waals surface area contributed by atoms with E-state index < -0.39 is 0 Å². The first-order valence-corrected chi connectivity index (χ1v) is 17.8. The van der Waals surface area contributed by atoms with Gasteiger partial charge in [-0.25, -0.2) is 18.7 Å². The smallest absolute Gasteiger partial charge is 0.236 e. The Morgan fingerprint density at radius 3 is 2.43 bits per heavy atom. The van der Waals surface area contributed by atoms with Crippen molar-refractivity contribution >= 4 is 50.4 Å². The molecule has 49 heavy (non-hydrogen) atoms. The topological polar surface area (TPSA) is 96.7 Å². The molecule has 2 aromatic carbocycles. The molecule has 4 heterocycles. The van der Waals surface area contributed by atoms with Crippen LogP contribution in [-0.4, -0.2) is 84.3 Å². The molecule has 2 saturated carbocycles. The number of carbonyl (C=O) groups is 2. The molecule has 2 saturated heterocycles.